The molecule has 1 aromatic rings. The van der Waals surface area contributed by atoms with Gasteiger partial charge in [0.25, 0.3) is 0 Å². The third-order valence-electron chi connectivity index (χ3n) is 2.93. The second-order valence-corrected chi connectivity index (χ2v) is 6.41. The van der Waals surface area contributed by atoms with Crippen molar-refractivity contribution >= 4 is 33.3 Å². The van der Waals surface area contributed by atoms with Crippen molar-refractivity contribution in [2.75, 3.05) is 26.8 Å². The van der Waals surface area contributed by atoms with Gasteiger partial charge in [0.15, 0.2) is 0 Å². The van der Waals surface area contributed by atoms with Crippen LogP contribution >= 0.6 is 27.3 Å². The zero-order chi connectivity index (χ0) is 13.0. The van der Waals surface area contributed by atoms with Crippen LogP contribution < -0.4 is 5.32 Å². The lowest BCUT2D eigenvalue weighted by Crippen LogP contribution is -2.39. The summed E-state index contributed by atoms with van der Waals surface area (Å²) in [6.45, 7) is 2.93. The molecule has 1 fully saturated rings. The van der Waals surface area contributed by atoms with Gasteiger partial charge < -0.3 is 15.0 Å². The van der Waals surface area contributed by atoms with E-state index in [1.54, 1.807) is 16.2 Å². The van der Waals surface area contributed by atoms with Crippen molar-refractivity contribution in [3.05, 3.63) is 20.8 Å². The van der Waals surface area contributed by atoms with Gasteiger partial charge in [0.05, 0.1) is 13.2 Å². The second kappa shape index (κ2) is 6.54. The van der Waals surface area contributed by atoms with Crippen molar-refractivity contribution in [1.82, 2.24) is 10.2 Å². The normalized spacial score (nSPS) is 18.9. The van der Waals surface area contributed by atoms with Gasteiger partial charge in [-0.25, -0.2) is 4.79 Å². The monoisotopic (exact) mass is 332 g/mol. The number of hydrogen-bond acceptors (Lipinski definition) is 3. The Balaban J connectivity index is 1.74. The van der Waals surface area contributed by atoms with Gasteiger partial charge in [-0.1, -0.05) is 0 Å². The summed E-state index contributed by atoms with van der Waals surface area (Å²) in [6.07, 6.45) is 1.04. The highest BCUT2D eigenvalue weighted by atomic mass is 79.9. The zero-order valence-electron chi connectivity index (χ0n) is 10.3. The van der Waals surface area contributed by atoms with Gasteiger partial charge in [0, 0.05) is 40.8 Å². The van der Waals surface area contributed by atoms with E-state index in [9.17, 15) is 4.79 Å². The highest BCUT2D eigenvalue weighted by Crippen LogP contribution is 2.20. The molecule has 0 saturated carbocycles. The van der Waals surface area contributed by atoms with Crippen molar-refractivity contribution in [1.29, 1.82) is 0 Å². The van der Waals surface area contributed by atoms with Crippen LogP contribution in [-0.4, -0.2) is 37.7 Å². The average molecular weight is 333 g/mol. The van der Waals surface area contributed by atoms with Gasteiger partial charge in [-0.15, -0.1) is 11.3 Å². The summed E-state index contributed by atoms with van der Waals surface area (Å²) in [5, 5.41) is 4.98. The van der Waals surface area contributed by atoms with E-state index in [2.05, 4.69) is 21.2 Å². The lowest BCUT2D eigenvalue weighted by Gasteiger charge is -2.18. The minimum atomic E-state index is -0.0218. The predicted molar refractivity (Wildman–Crippen MR) is 75.8 cm³/mol. The van der Waals surface area contributed by atoms with Crippen LogP contribution in [0.1, 0.15) is 11.3 Å². The van der Waals surface area contributed by atoms with Crippen molar-refractivity contribution in [2.24, 2.45) is 5.92 Å². The van der Waals surface area contributed by atoms with Gasteiger partial charge in [-0.05, 0) is 28.4 Å². The third kappa shape index (κ3) is 3.96. The lowest BCUT2D eigenvalue weighted by atomic mass is 10.1. The molecule has 1 aliphatic heterocycles. The number of urea groups is 1. The molecular formula is C12H17BrN2O2S. The van der Waals surface area contributed by atoms with E-state index in [0.717, 1.165) is 24.1 Å². The molecule has 0 aliphatic carbocycles. The fraction of sp³-hybridized carbons (Fsp3) is 0.583. The van der Waals surface area contributed by atoms with E-state index < -0.39 is 0 Å². The Kier molecular flexibility index (Phi) is 5.03. The molecule has 0 spiro atoms. The van der Waals surface area contributed by atoms with Crippen molar-refractivity contribution < 1.29 is 9.53 Å². The molecule has 1 atom stereocenters. The Labute approximate surface area is 119 Å². The fourth-order valence-corrected chi connectivity index (χ4v) is 3.36. The number of halogens is 1. The standard InChI is InChI=1S/C12H17BrN2O2S/c1-15(6-11-4-10(13)8-18-11)12(16)14-5-9-2-3-17-7-9/h4,8-9H,2-3,5-7H2,1H3,(H,14,16)/t9-/m0/s1. The first kappa shape index (κ1) is 13.8. The maximum atomic E-state index is 11.9. The highest BCUT2D eigenvalue weighted by Gasteiger charge is 2.17. The largest absolute Gasteiger partial charge is 0.381 e. The van der Waals surface area contributed by atoms with E-state index in [1.807, 2.05) is 18.5 Å². The van der Waals surface area contributed by atoms with Gasteiger partial charge in [-0.3, -0.25) is 0 Å². The first-order chi connectivity index (χ1) is 8.65. The number of nitrogens with one attached hydrogen (secondary N) is 1. The van der Waals surface area contributed by atoms with Gasteiger partial charge >= 0.3 is 6.03 Å². The Bertz CT molecular complexity index is 405. The molecule has 2 amide bonds. The second-order valence-electron chi connectivity index (χ2n) is 4.50. The lowest BCUT2D eigenvalue weighted by molar-refractivity contribution is 0.182. The van der Waals surface area contributed by atoms with Crippen molar-refractivity contribution in [3.8, 4) is 0 Å². The highest BCUT2D eigenvalue weighted by molar-refractivity contribution is 9.10. The van der Waals surface area contributed by atoms with E-state index >= 15 is 0 Å². The van der Waals surface area contributed by atoms with E-state index in [1.165, 1.54) is 4.88 Å². The average Bonchev–Trinajstić information content (AvgIpc) is 2.97. The Morgan fingerprint density at radius 2 is 2.56 bits per heavy atom. The van der Waals surface area contributed by atoms with Crippen LogP contribution in [0.3, 0.4) is 0 Å². The number of nitrogens with zero attached hydrogens (tertiary/aromatic N) is 1. The Morgan fingerprint density at radius 3 is 3.17 bits per heavy atom. The number of hydrogen-bond donors (Lipinski definition) is 1. The summed E-state index contributed by atoms with van der Waals surface area (Å²) < 4.78 is 6.35. The summed E-state index contributed by atoms with van der Waals surface area (Å²) in [4.78, 5) is 14.8. The van der Waals surface area contributed by atoms with Crippen LogP contribution in [0.15, 0.2) is 15.9 Å². The molecule has 2 rings (SSSR count). The third-order valence-corrected chi connectivity index (χ3v) is 4.61. The minimum Gasteiger partial charge on any atom is -0.381 e. The van der Waals surface area contributed by atoms with Crippen molar-refractivity contribution in [2.45, 2.75) is 13.0 Å². The smallest absolute Gasteiger partial charge is 0.317 e. The van der Waals surface area contributed by atoms with E-state index in [-0.39, 0.29) is 6.03 Å². The summed E-state index contributed by atoms with van der Waals surface area (Å²) in [5.41, 5.74) is 0. The minimum absolute atomic E-state index is 0.0218. The molecule has 18 heavy (non-hydrogen) atoms. The fourth-order valence-electron chi connectivity index (χ4n) is 1.85. The first-order valence-electron chi connectivity index (χ1n) is 5.95. The van der Waals surface area contributed by atoms with Gasteiger partial charge in [0.1, 0.15) is 0 Å². The molecule has 100 valence electrons. The van der Waals surface area contributed by atoms with Crippen molar-refractivity contribution in [3.63, 3.8) is 0 Å². The molecule has 1 saturated heterocycles. The van der Waals surface area contributed by atoms with Crippen LogP contribution in [0.25, 0.3) is 0 Å². The molecule has 0 bridgehead atoms. The topological polar surface area (TPSA) is 41.6 Å². The van der Waals surface area contributed by atoms with Crippen LogP contribution in [0.4, 0.5) is 4.79 Å². The predicted octanol–water partition coefficient (Wildman–Crippen LogP) is 2.69. The van der Waals surface area contributed by atoms with Crippen LogP contribution in [-0.2, 0) is 11.3 Å². The number of carbonyl (C=O) groups excluding carboxylic acids is 1. The van der Waals surface area contributed by atoms with Gasteiger partial charge in [0.2, 0.25) is 0 Å². The Morgan fingerprint density at radius 1 is 1.72 bits per heavy atom. The summed E-state index contributed by atoms with van der Waals surface area (Å²) in [7, 11) is 1.81. The first-order valence-corrected chi connectivity index (χ1v) is 7.62. The van der Waals surface area contributed by atoms with E-state index in [4.69, 9.17) is 4.74 Å². The maximum Gasteiger partial charge on any atom is 0.317 e. The molecule has 0 aromatic carbocycles. The number of amides is 2. The molecule has 0 radical (unpaired) electrons. The Hall–Kier alpha value is -0.590. The summed E-state index contributed by atoms with van der Waals surface area (Å²) in [6, 6.07) is 2.02. The van der Waals surface area contributed by atoms with Crippen LogP contribution in [0.2, 0.25) is 0 Å². The molecule has 2 heterocycles. The van der Waals surface area contributed by atoms with E-state index in [0.29, 0.717) is 19.0 Å². The molecule has 6 heteroatoms. The summed E-state index contributed by atoms with van der Waals surface area (Å²) >= 11 is 5.06. The molecular weight excluding hydrogens is 316 g/mol. The number of carbonyl (C=O) groups is 1. The zero-order valence-corrected chi connectivity index (χ0v) is 12.7. The maximum absolute atomic E-state index is 11.9. The number of ether oxygens (including phenoxy) is 1. The summed E-state index contributed by atoms with van der Waals surface area (Å²) in [5.74, 6) is 0.471. The number of thiophene rings is 1. The molecule has 1 aliphatic rings. The SMILES string of the molecule is CN(Cc1cc(Br)cs1)C(=O)NC[C@@H]1CCOC1. The quantitative estimate of drug-likeness (QED) is 0.920. The molecule has 1 aromatic heterocycles. The molecule has 0 unspecified atom stereocenters. The van der Waals surface area contributed by atoms with Crippen LogP contribution in [0, 0.1) is 5.92 Å². The van der Waals surface area contributed by atoms with Gasteiger partial charge in [-0.2, -0.15) is 0 Å². The number of rotatable bonds is 4. The molecule has 4 nitrogen and oxygen atoms in total. The van der Waals surface area contributed by atoms with Crippen LogP contribution in [0.5, 0.6) is 0 Å². The molecule has 1 N–H and O–H groups in total.